The van der Waals surface area contributed by atoms with Crippen LogP contribution in [0, 0.1) is 0 Å². The molecule has 1 aromatic heterocycles. The summed E-state index contributed by atoms with van der Waals surface area (Å²) in [5.41, 5.74) is 0.240. The van der Waals surface area contributed by atoms with Gasteiger partial charge in [-0.2, -0.15) is 18.2 Å². The third-order valence-corrected chi connectivity index (χ3v) is 3.49. The fraction of sp³-hybridized carbons (Fsp3) is 0.364. The van der Waals surface area contributed by atoms with E-state index in [2.05, 4.69) is 19.6 Å². The van der Waals surface area contributed by atoms with Gasteiger partial charge in [0.2, 0.25) is 0 Å². The number of rotatable bonds is 3. The molecule has 0 amide bonds. The minimum absolute atomic E-state index is 0.294. The Hall–Kier alpha value is -1.60. The molecule has 18 heavy (non-hydrogen) atoms. The average Bonchev–Trinajstić information content (AvgIpc) is 2.57. The Labute approximate surface area is 106 Å². The van der Waals surface area contributed by atoms with Crippen LogP contribution in [0.25, 0.3) is 10.9 Å². The Morgan fingerprint density at radius 2 is 1.89 bits per heavy atom. The monoisotopic (exact) mass is 268 g/mol. The van der Waals surface area contributed by atoms with Crippen LogP contribution in [-0.2, 0) is 10.2 Å². The lowest BCUT2D eigenvalue weighted by Crippen LogP contribution is -2.43. The summed E-state index contributed by atoms with van der Waals surface area (Å²) in [5, 5.41) is 7.46. The Bertz CT molecular complexity index is 655. The van der Waals surface area contributed by atoms with Crippen molar-refractivity contribution in [2.24, 2.45) is 0 Å². The third kappa shape index (κ3) is 2.99. The normalized spacial score (nSPS) is 12.8. The first-order chi connectivity index (χ1) is 8.27. The van der Waals surface area contributed by atoms with Gasteiger partial charge in [0, 0.05) is 10.9 Å². The first-order valence-corrected chi connectivity index (χ1v) is 7.00. The van der Waals surface area contributed by atoms with Crippen LogP contribution in [-0.4, -0.2) is 24.2 Å². The van der Waals surface area contributed by atoms with Crippen molar-refractivity contribution in [2.75, 3.05) is 4.72 Å². The molecule has 0 aliphatic carbocycles. The van der Waals surface area contributed by atoms with Crippen molar-refractivity contribution >= 4 is 26.9 Å². The summed E-state index contributed by atoms with van der Waals surface area (Å²) in [6, 6.07) is 7.31. The molecule has 0 fully saturated rings. The van der Waals surface area contributed by atoms with Gasteiger partial charge in [-0.3, -0.25) is 9.82 Å². The first kappa shape index (κ1) is 12.8. The fourth-order valence-corrected chi connectivity index (χ4v) is 2.86. The Balaban J connectivity index is 2.29. The molecule has 0 bridgehead atoms. The van der Waals surface area contributed by atoms with Crippen LogP contribution >= 0.6 is 0 Å². The van der Waals surface area contributed by atoms with Gasteiger partial charge >= 0.3 is 10.2 Å². The molecule has 0 unspecified atom stereocenters. The molecule has 0 saturated carbocycles. The van der Waals surface area contributed by atoms with E-state index in [0.29, 0.717) is 5.82 Å². The van der Waals surface area contributed by atoms with Crippen LogP contribution in [0.3, 0.4) is 0 Å². The molecule has 98 valence electrons. The van der Waals surface area contributed by atoms with Gasteiger partial charge in [-0.05, 0) is 32.9 Å². The van der Waals surface area contributed by atoms with Crippen molar-refractivity contribution in [2.45, 2.75) is 26.3 Å². The minimum Gasteiger partial charge on any atom is -0.276 e. The van der Waals surface area contributed by atoms with E-state index in [4.69, 9.17) is 0 Å². The van der Waals surface area contributed by atoms with Gasteiger partial charge in [0.25, 0.3) is 0 Å². The van der Waals surface area contributed by atoms with Crippen LogP contribution < -0.4 is 9.44 Å². The number of aromatic nitrogens is 2. The van der Waals surface area contributed by atoms with Crippen LogP contribution in [0.15, 0.2) is 24.3 Å². The maximum Gasteiger partial charge on any atom is 0.300 e. The predicted octanol–water partition coefficient (Wildman–Crippen LogP) is 1.61. The lowest BCUT2D eigenvalue weighted by Gasteiger charge is -2.20. The molecular weight excluding hydrogens is 252 g/mol. The van der Waals surface area contributed by atoms with Crippen LogP contribution in [0.2, 0.25) is 0 Å². The summed E-state index contributed by atoms with van der Waals surface area (Å²) in [5.74, 6) is 0.294. The molecule has 2 rings (SSSR count). The summed E-state index contributed by atoms with van der Waals surface area (Å²) in [4.78, 5) is 0. The smallest absolute Gasteiger partial charge is 0.276 e. The fourth-order valence-electron chi connectivity index (χ4n) is 1.60. The Morgan fingerprint density at radius 1 is 1.22 bits per heavy atom. The summed E-state index contributed by atoms with van der Waals surface area (Å²) in [6.07, 6.45) is 0. The van der Waals surface area contributed by atoms with Crippen molar-refractivity contribution in [1.29, 1.82) is 0 Å². The second-order valence-electron chi connectivity index (χ2n) is 5.08. The van der Waals surface area contributed by atoms with Gasteiger partial charge in [0.15, 0.2) is 5.82 Å². The first-order valence-electron chi connectivity index (χ1n) is 5.52. The summed E-state index contributed by atoms with van der Waals surface area (Å²) in [7, 11) is -3.64. The van der Waals surface area contributed by atoms with E-state index in [1.54, 1.807) is 26.8 Å². The summed E-state index contributed by atoms with van der Waals surface area (Å²) < 4.78 is 28.7. The van der Waals surface area contributed by atoms with E-state index in [1.165, 1.54) is 0 Å². The highest BCUT2D eigenvalue weighted by Crippen LogP contribution is 2.20. The quantitative estimate of drug-likeness (QED) is 0.790. The lowest BCUT2D eigenvalue weighted by molar-refractivity contribution is 0.494. The van der Waals surface area contributed by atoms with Crippen LogP contribution in [0.5, 0.6) is 0 Å². The number of nitrogens with one attached hydrogen (secondary N) is 3. The van der Waals surface area contributed by atoms with Crippen LogP contribution in [0.1, 0.15) is 20.8 Å². The van der Waals surface area contributed by atoms with Crippen molar-refractivity contribution < 1.29 is 8.42 Å². The Morgan fingerprint density at radius 3 is 2.56 bits per heavy atom. The van der Waals surface area contributed by atoms with Gasteiger partial charge in [-0.25, -0.2) is 0 Å². The van der Waals surface area contributed by atoms with Gasteiger partial charge in [0.05, 0.1) is 5.52 Å². The lowest BCUT2D eigenvalue weighted by atomic mass is 10.1. The number of hydrogen-bond acceptors (Lipinski definition) is 3. The maximum atomic E-state index is 11.9. The number of hydrogen-bond donors (Lipinski definition) is 3. The molecule has 0 saturated heterocycles. The number of fused-ring (bicyclic) bond motifs is 1. The SMILES string of the molecule is CC(C)(C)NS(=O)(=O)Nc1n[nH]c2ccccc12. The molecule has 0 radical (unpaired) electrons. The topological polar surface area (TPSA) is 86.9 Å². The van der Waals surface area contributed by atoms with Gasteiger partial charge in [-0.15, -0.1) is 0 Å². The molecule has 7 heteroatoms. The minimum atomic E-state index is -3.64. The largest absolute Gasteiger partial charge is 0.300 e. The van der Waals surface area contributed by atoms with E-state index in [9.17, 15) is 8.42 Å². The molecule has 0 aliphatic heterocycles. The Kier molecular flexibility index (Phi) is 3.04. The van der Waals surface area contributed by atoms with Crippen molar-refractivity contribution in [3.05, 3.63) is 24.3 Å². The van der Waals surface area contributed by atoms with Crippen molar-refractivity contribution in [3.63, 3.8) is 0 Å². The van der Waals surface area contributed by atoms with Crippen molar-refractivity contribution in [1.82, 2.24) is 14.9 Å². The highest BCUT2D eigenvalue weighted by Gasteiger charge is 2.21. The van der Waals surface area contributed by atoms with E-state index >= 15 is 0 Å². The number of nitrogens with zero attached hydrogens (tertiary/aromatic N) is 1. The molecule has 0 aliphatic rings. The molecule has 1 aromatic carbocycles. The standard InChI is InChI=1S/C11H16N4O2S/c1-11(2,3)15-18(16,17)14-10-8-6-4-5-7-9(8)12-13-10/h4-7,15H,1-3H3,(H2,12,13,14). The molecule has 6 nitrogen and oxygen atoms in total. The van der Waals surface area contributed by atoms with Gasteiger partial charge < -0.3 is 0 Å². The highest BCUT2D eigenvalue weighted by molar-refractivity contribution is 7.90. The second kappa shape index (κ2) is 4.25. The maximum absolute atomic E-state index is 11.9. The number of H-pyrrole nitrogens is 1. The number of benzene rings is 1. The average molecular weight is 268 g/mol. The molecule has 2 aromatic rings. The zero-order valence-corrected chi connectivity index (χ0v) is 11.3. The number of anilines is 1. The van der Waals surface area contributed by atoms with E-state index in [1.807, 2.05) is 18.2 Å². The molecular formula is C11H16N4O2S. The van der Waals surface area contributed by atoms with E-state index < -0.39 is 15.7 Å². The number of para-hydroxylation sites is 1. The zero-order valence-electron chi connectivity index (χ0n) is 10.5. The number of aromatic amines is 1. The summed E-state index contributed by atoms with van der Waals surface area (Å²) in [6.45, 7) is 5.32. The molecule has 0 atom stereocenters. The second-order valence-corrected chi connectivity index (χ2v) is 6.49. The molecule has 0 spiro atoms. The zero-order chi connectivity index (χ0) is 13.4. The molecule has 3 N–H and O–H groups in total. The molecule has 1 heterocycles. The third-order valence-electron chi connectivity index (χ3n) is 2.14. The van der Waals surface area contributed by atoms with Crippen molar-refractivity contribution in [3.8, 4) is 0 Å². The van der Waals surface area contributed by atoms with E-state index in [-0.39, 0.29) is 0 Å². The van der Waals surface area contributed by atoms with Gasteiger partial charge in [-0.1, -0.05) is 12.1 Å². The van der Waals surface area contributed by atoms with Gasteiger partial charge in [0.1, 0.15) is 0 Å². The highest BCUT2D eigenvalue weighted by atomic mass is 32.2. The van der Waals surface area contributed by atoms with Crippen LogP contribution in [0.4, 0.5) is 5.82 Å². The summed E-state index contributed by atoms with van der Waals surface area (Å²) >= 11 is 0. The predicted molar refractivity (Wildman–Crippen MR) is 71.5 cm³/mol. The van der Waals surface area contributed by atoms with E-state index in [0.717, 1.165) is 10.9 Å².